The molecule has 0 amide bonds. The van der Waals surface area contributed by atoms with E-state index in [0.29, 0.717) is 0 Å². The molecule has 3 nitrogen and oxygen atoms in total. The minimum Gasteiger partial charge on any atom is -0.398 e. The zero-order valence-electron chi connectivity index (χ0n) is 10.5. The first kappa shape index (κ1) is 13.1. The topological polar surface area (TPSA) is 41.3 Å². The zero-order chi connectivity index (χ0) is 12.4. The second kappa shape index (κ2) is 5.54. The molecule has 0 aromatic heterocycles. The molecule has 0 saturated carbocycles. The molecule has 1 heterocycles. The second-order valence-electron chi connectivity index (χ2n) is 4.71. The maximum atomic E-state index is 6.15. The van der Waals surface area contributed by atoms with Crippen molar-refractivity contribution in [2.75, 3.05) is 31.9 Å². The number of halogens is 1. The Labute approximate surface area is 117 Å². The van der Waals surface area contributed by atoms with Crippen LogP contribution in [0.25, 0.3) is 0 Å². The fraction of sp³-hybridized carbons (Fsp3) is 0.538. The number of nitrogens with two attached hydrogens (primary N) is 1. The van der Waals surface area contributed by atoms with Crippen LogP contribution in [0.15, 0.2) is 6.07 Å². The highest BCUT2D eigenvalue weighted by molar-refractivity contribution is 14.1. The molecule has 1 aromatic rings. The zero-order valence-corrected chi connectivity index (χ0v) is 12.7. The number of anilines is 1. The van der Waals surface area contributed by atoms with Gasteiger partial charge in [-0.25, -0.2) is 0 Å². The van der Waals surface area contributed by atoms with Gasteiger partial charge in [-0.3, -0.25) is 4.90 Å². The lowest BCUT2D eigenvalue weighted by Gasteiger charge is -2.28. The van der Waals surface area contributed by atoms with Gasteiger partial charge in [0.05, 0.1) is 0 Å². The smallest absolute Gasteiger partial charge is 0.0387 e. The van der Waals surface area contributed by atoms with Gasteiger partial charge in [-0.1, -0.05) is 0 Å². The Hall–Kier alpha value is -0.330. The Morgan fingerprint density at radius 2 is 1.94 bits per heavy atom. The van der Waals surface area contributed by atoms with E-state index in [1.165, 1.54) is 20.3 Å². The van der Waals surface area contributed by atoms with Crippen molar-refractivity contribution in [2.45, 2.75) is 20.4 Å². The van der Waals surface area contributed by atoms with E-state index in [-0.39, 0.29) is 0 Å². The van der Waals surface area contributed by atoms with Crippen molar-refractivity contribution < 1.29 is 0 Å². The van der Waals surface area contributed by atoms with E-state index in [4.69, 9.17) is 5.73 Å². The van der Waals surface area contributed by atoms with Gasteiger partial charge >= 0.3 is 0 Å². The van der Waals surface area contributed by atoms with Gasteiger partial charge in [-0.2, -0.15) is 0 Å². The first-order valence-electron chi connectivity index (χ1n) is 6.06. The number of nitrogens with zero attached hydrogens (tertiary/aromatic N) is 1. The standard InChI is InChI=1S/C13H20IN3/c1-9-11(7-12(14)10(2)13(9)15)8-17-5-3-16-4-6-17/h7,16H,3-6,8,15H2,1-2H3. The Morgan fingerprint density at radius 1 is 1.29 bits per heavy atom. The number of hydrogen-bond acceptors (Lipinski definition) is 3. The average molecular weight is 345 g/mol. The minimum absolute atomic E-state index is 0.960. The number of piperazine rings is 1. The van der Waals surface area contributed by atoms with Gasteiger partial charge in [-0.15, -0.1) is 0 Å². The largest absolute Gasteiger partial charge is 0.398 e. The van der Waals surface area contributed by atoms with E-state index in [1.54, 1.807) is 0 Å². The fourth-order valence-corrected chi connectivity index (χ4v) is 2.89. The van der Waals surface area contributed by atoms with E-state index in [0.717, 1.165) is 38.4 Å². The molecule has 0 atom stereocenters. The molecule has 0 unspecified atom stereocenters. The summed E-state index contributed by atoms with van der Waals surface area (Å²) in [6, 6.07) is 2.28. The third-order valence-electron chi connectivity index (χ3n) is 3.55. The number of benzene rings is 1. The van der Waals surface area contributed by atoms with Crippen molar-refractivity contribution in [1.29, 1.82) is 0 Å². The Balaban J connectivity index is 2.20. The van der Waals surface area contributed by atoms with E-state index in [1.807, 2.05) is 0 Å². The molecule has 1 aliphatic rings. The number of rotatable bonds is 2. The summed E-state index contributed by atoms with van der Waals surface area (Å²) in [5.41, 5.74) is 11.0. The summed E-state index contributed by atoms with van der Waals surface area (Å²) >= 11 is 2.38. The summed E-state index contributed by atoms with van der Waals surface area (Å²) in [6.45, 7) is 9.70. The van der Waals surface area contributed by atoms with Crippen LogP contribution in [-0.4, -0.2) is 31.1 Å². The first-order chi connectivity index (χ1) is 8.09. The van der Waals surface area contributed by atoms with Gasteiger partial charge in [0.2, 0.25) is 0 Å². The summed E-state index contributed by atoms with van der Waals surface area (Å²) in [6.07, 6.45) is 0. The van der Waals surface area contributed by atoms with E-state index >= 15 is 0 Å². The van der Waals surface area contributed by atoms with E-state index in [9.17, 15) is 0 Å². The molecular formula is C13H20IN3. The van der Waals surface area contributed by atoms with Crippen molar-refractivity contribution in [1.82, 2.24) is 10.2 Å². The van der Waals surface area contributed by atoms with Gasteiger partial charge in [0.1, 0.15) is 0 Å². The lowest BCUT2D eigenvalue weighted by Crippen LogP contribution is -2.43. The van der Waals surface area contributed by atoms with Crippen LogP contribution in [0, 0.1) is 17.4 Å². The maximum absolute atomic E-state index is 6.15. The number of nitrogen functional groups attached to an aromatic ring is 1. The SMILES string of the molecule is Cc1c(I)cc(CN2CCNCC2)c(C)c1N. The van der Waals surface area contributed by atoms with E-state index in [2.05, 4.69) is 52.7 Å². The van der Waals surface area contributed by atoms with Crippen molar-refractivity contribution in [3.8, 4) is 0 Å². The third-order valence-corrected chi connectivity index (χ3v) is 4.67. The number of hydrogen-bond donors (Lipinski definition) is 2. The highest BCUT2D eigenvalue weighted by atomic mass is 127. The molecule has 1 fully saturated rings. The summed E-state index contributed by atoms with van der Waals surface area (Å²) in [5.74, 6) is 0. The Morgan fingerprint density at radius 3 is 2.59 bits per heavy atom. The fourth-order valence-electron chi connectivity index (χ4n) is 2.23. The van der Waals surface area contributed by atoms with E-state index < -0.39 is 0 Å². The summed E-state index contributed by atoms with van der Waals surface area (Å²) in [4.78, 5) is 2.49. The molecule has 0 spiro atoms. The lowest BCUT2D eigenvalue weighted by molar-refractivity contribution is 0.233. The molecule has 17 heavy (non-hydrogen) atoms. The van der Waals surface area contributed by atoms with Crippen molar-refractivity contribution in [2.24, 2.45) is 0 Å². The molecule has 4 heteroatoms. The number of nitrogens with one attached hydrogen (secondary N) is 1. The highest BCUT2D eigenvalue weighted by Crippen LogP contribution is 2.26. The molecule has 0 aliphatic carbocycles. The van der Waals surface area contributed by atoms with Gasteiger partial charge in [0.15, 0.2) is 0 Å². The van der Waals surface area contributed by atoms with Crippen LogP contribution in [0.4, 0.5) is 5.69 Å². The van der Waals surface area contributed by atoms with Crippen LogP contribution in [0.1, 0.15) is 16.7 Å². The van der Waals surface area contributed by atoms with Crippen molar-refractivity contribution >= 4 is 28.3 Å². The Kier molecular flexibility index (Phi) is 4.27. The molecule has 1 saturated heterocycles. The molecule has 94 valence electrons. The summed E-state index contributed by atoms with van der Waals surface area (Å²) in [5, 5.41) is 3.38. The van der Waals surface area contributed by atoms with Crippen LogP contribution < -0.4 is 11.1 Å². The van der Waals surface area contributed by atoms with Gasteiger partial charge in [0, 0.05) is 42.0 Å². The first-order valence-corrected chi connectivity index (χ1v) is 7.14. The maximum Gasteiger partial charge on any atom is 0.0387 e. The molecule has 1 aliphatic heterocycles. The van der Waals surface area contributed by atoms with Gasteiger partial charge in [-0.05, 0) is 59.2 Å². The predicted molar refractivity (Wildman–Crippen MR) is 81.2 cm³/mol. The minimum atomic E-state index is 0.960. The van der Waals surface area contributed by atoms with Crippen LogP contribution in [0.3, 0.4) is 0 Å². The van der Waals surface area contributed by atoms with Crippen LogP contribution in [-0.2, 0) is 6.54 Å². The molecular weight excluding hydrogens is 325 g/mol. The highest BCUT2D eigenvalue weighted by Gasteiger charge is 2.14. The molecule has 0 bridgehead atoms. The third kappa shape index (κ3) is 2.92. The lowest BCUT2D eigenvalue weighted by atomic mass is 10.0. The molecule has 3 N–H and O–H groups in total. The predicted octanol–water partition coefficient (Wildman–Crippen LogP) is 1.90. The Bertz CT molecular complexity index is 412. The van der Waals surface area contributed by atoms with Crippen LogP contribution in [0.2, 0.25) is 0 Å². The molecule has 2 rings (SSSR count). The van der Waals surface area contributed by atoms with Gasteiger partial charge < -0.3 is 11.1 Å². The second-order valence-corrected chi connectivity index (χ2v) is 5.87. The quantitative estimate of drug-likeness (QED) is 0.636. The normalized spacial score (nSPS) is 17.4. The monoisotopic (exact) mass is 345 g/mol. The average Bonchev–Trinajstić information content (AvgIpc) is 2.35. The molecule has 0 radical (unpaired) electrons. The van der Waals surface area contributed by atoms with Crippen LogP contribution in [0.5, 0.6) is 0 Å². The van der Waals surface area contributed by atoms with Gasteiger partial charge in [0.25, 0.3) is 0 Å². The van der Waals surface area contributed by atoms with Crippen molar-refractivity contribution in [3.05, 3.63) is 26.3 Å². The van der Waals surface area contributed by atoms with Crippen molar-refractivity contribution in [3.63, 3.8) is 0 Å². The summed E-state index contributed by atoms with van der Waals surface area (Å²) in [7, 11) is 0. The van der Waals surface area contributed by atoms with Crippen LogP contribution >= 0.6 is 22.6 Å². The molecule has 1 aromatic carbocycles. The summed E-state index contributed by atoms with van der Waals surface area (Å²) < 4.78 is 1.27.